The van der Waals surface area contributed by atoms with Crippen LogP contribution in [0.1, 0.15) is 31.4 Å². The Morgan fingerprint density at radius 1 is 1.21 bits per heavy atom. The molecule has 0 radical (unpaired) electrons. The van der Waals surface area contributed by atoms with Gasteiger partial charge in [-0.2, -0.15) is 0 Å². The molecule has 0 saturated heterocycles. The molecule has 0 saturated carbocycles. The summed E-state index contributed by atoms with van der Waals surface area (Å²) >= 11 is 6.90. The van der Waals surface area contributed by atoms with Gasteiger partial charge in [-0.25, -0.2) is 0 Å². The molecule has 1 aromatic carbocycles. The summed E-state index contributed by atoms with van der Waals surface area (Å²) in [5.41, 5.74) is 1.09. The molecule has 1 N–H and O–H groups in total. The summed E-state index contributed by atoms with van der Waals surface area (Å²) in [7, 11) is 0. The van der Waals surface area contributed by atoms with Crippen LogP contribution in [0.3, 0.4) is 0 Å². The average Bonchev–Trinajstić information content (AvgIpc) is 2.01. The highest BCUT2D eigenvalue weighted by molar-refractivity contribution is 14.1. The Hall–Kier alpha value is 1.37. The summed E-state index contributed by atoms with van der Waals surface area (Å²) in [6.07, 6.45) is 1.54. The van der Waals surface area contributed by atoms with Gasteiger partial charge >= 0.3 is 0 Å². The number of hydrogen-bond donors (Lipinski definition) is 1. The van der Waals surface area contributed by atoms with E-state index >= 15 is 0 Å². The van der Waals surface area contributed by atoms with Crippen molar-refractivity contribution in [2.45, 2.75) is 25.9 Å². The first-order chi connectivity index (χ1) is 6.56. The van der Waals surface area contributed by atoms with E-state index in [-0.39, 0.29) is 6.10 Å². The molecule has 0 aliphatic heterocycles. The molecule has 0 aliphatic rings. The smallest absolute Gasteiger partial charge is 0.0810 e. The molecule has 0 aliphatic carbocycles. The minimum atomic E-state index is -0.309. The molecular weight excluding hydrogens is 517 g/mol. The van der Waals surface area contributed by atoms with Crippen LogP contribution in [0.5, 0.6) is 0 Å². The Kier molecular flexibility index (Phi) is 5.94. The normalized spacial score (nSPS) is 12.9. The second kappa shape index (κ2) is 6.19. The first kappa shape index (κ1) is 13.4. The summed E-state index contributed by atoms with van der Waals surface area (Å²) in [5.74, 6) is 0. The third kappa shape index (κ3) is 3.44. The van der Waals surface area contributed by atoms with E-state index in [2.05, 4.69) is 86.8 Å². The fourth-order valence-electron chi connectivity index (χ4n) is 1.29. The molecule has 1 unspecified atom stereocenters. The molecular formula is C10H11I3O. The maximum Gasteiger partial charge on any atom is 0.0810 e. The van der Waals surface area contributed by atoms with Gasteiger partial charge in [-0.1, -0.05) is 13.3 Å². The van der Waals surface area contributed by atoms with Crippen LogP contribution in [-0.4, -0.2) is 5.11 Å². The Bertz CT molecular complexity index is 302. The second-order valence-electron chi connectivity index (χ2n) is 3.09. The van der Waals surface area contributed by atoms with Crippen molar-refractivity contribution in [2.75, 3.05) is 0 Å². The van der Waals surface area contributed by atoms with Gasteiger partial charge in [0.1, 0.15) is 0 Å². The molecule has 78 valence electrons. The van der Waals surface area contributed by atoms with Gasteiger partial charge in [0.25, 0.3) is 0 Å². The third-order valence-corrected chi connectivity index (χ3v) is 4.35. The van der Waals surface area contributed by atoms with Crippen LogP contribution in [0.15, 0.2) is 12.1 Å². The van der Waals surface area contributed by atoms with Crippen LogP contribution in [-0.2, 0) is 0 Å². The molecule has 1 nitrogen and oxygen atoms in total. The summed E-state index contributed by atoms with van der Waals surface area (Å²) in [6, 6.07) is 4.22. The summed E-state index contributed by atoms with van der Waals surface area (Å²) < 4.78 is 3.56. The van der Waals surface area contributed by atoms with Gasteiger partial charge in [0.2, 0.25) is 0 Å². The molecule has 14 heavy (non-hydrogen) atoms. The van der Waals surface area contributed by atoms with Crippen LogP contribution < -0.4 is 0 Å². The van der Waals surface area contributed by atoms with Gasteiger partial charge < -0.3 is 5.11 Å². The Morgan fingerprint density at radius 2 is 1.71 bits per heavy atom. The maximum absolute atomic E-state index is 9.96. The minimum Gasteiger partial charge on any atom is -0.388 e. The fourth-order valence-corrected chi connectivity index (χ4v) is 5.59. The molecule has 4 heteroatoms. The van der Waals surface area contributed by atoms with E-state index in [1.54, 1.807) is 0 Å². The standard InChI is InChI=1S/C10H11I3O/c1-2-3-9(14)10-7(12)4-6(11)5-8(10)13/h4-5,9,14H,2-3H2,1H3. The first-order valence-electron chi connectivity index (χ1n) is 4.38. The molecule has 0 heterocycles. The lowest BCUT2D eigenvalue weighted by Gasteiger charge is -2.14. The monoisotopic (exact) mass is 528 g/mol. The van der Waals surface area contributed by atoms with E-state index in [0.29, 0.717) is 0 Å². The molecule has 0 spiro atoms. The highest BCUT2D eigenvalue weighted by Crippen LogP contribution is 2.30. The van der Waals surface area contributed by atoms with Gasteiger partial charge in [-0.05, 0) is 86.3 Å². The largest absolute Gasteiger partial charge is 0.388 e. The number of rotatable bonds is 3. The van der Waals surface area contributed by atoms with Crippen molar-refractivity contribution in [3.63, 3.8) is 0 Å². The lowest BCUT2D eigenvalue weighted by Crippen LogP contribution is -2.03. The van der Waals surface area contributed by atoms with Gasteiger partial charge in [0, 0.05) is 16.3 Å². The second-order valence-corrected chi connectivity index (χ2v) is 6.66. The van der Waals surface area contributed by atoms with Crippen molar-refractivity contribution in [1.82, 2.24) is 0 Å². The topological polar surface area (TPSA) is 20.2 Å². The lowest BCUT2D eigenvalue weighted by atomic mass is 10.1. The van der Waals surface area contributed by atoms with Crippen molar-refractivity contribution < 1.29 is 5.11 Å². The van der Waals surface area contributed by atoms with Gasteiger partial charge in [0.05, 0.1) is 6.10 Å². The van der Waals surface area contributed by atoms with E-state index < -0.39 is 0 Å². The number of aliphatic hydroxyl groups is 1. The predicted molar refractivity (Wildman–Crippen MR) is 84.5 cm³/mol. The zero-order valence-corrected chi connectivity index (χ0v) is 14.2. The Labute approximate surface area is 125 Å². The maximum atomic E-state index is 9.96. The van der Waals surface area contributed by atoms with Crippen molar-refractivity contribution >= 4 is 67.8 Å². The molecule has 0 bridgehead atoms. The number of hydrogen-bond acceptors (Lipinski definition) is 1. The van der Waals surface area contributed by atoms with E-state index in [9.17, 15) is 5.11 Å². The van der Waals surface area contributed by atoms with Gasteiger partial charge in [0.15, 0.2) is 0 Å². The van der Waals surface area contributed by atoms with Gasteiger partial charge in [-0.3, -0.25) is 0 Å². The highest BCUT2D eigenvalue weighted by Gasteiger charge is 2.14. The third-order valence-electron chi connectivity index (χ3n) is 1.94. The number of halogens is 3. The molecule has 1 atom stereocenters. The van der Waals surface area contributed by atoms with E-state index in [0.717, 1.165) is 18.4 Å². The Morgan fingerprint density at radius 3 is 2.14 bits per heavy atom. The van der Waals surface area contributed by atoms with Crippen LogP contribution in [0.25, 0.3) is 0 Å². The van der Waals surface area contributed by atoms with E-state index in [1.807, 2.05) is 0 Å². The van der Waals surface area contributed by atoms with Crippen LogP contribution >= 0.6 is 67.8 Å². The van der Waals surface area contributed by atoms with Crippen LogP contribution in [0.4, 0.5) is 0 Å². The summed E-state index contributed by atoms with van der Waals surface area (Å²) in [4.78, 5) is 0. The summed E-state index contributed by atoms with van der Waals surface area (Å²) in [6.45, 7) is 2.09. The molecule has 0 aromatic heterocycles. The lowest BCUT2D eigenvalue weighted by molar-refractivity contribution is 0.164. The molecule has 0 fully saturated rings. The zero-order chi connectivity index (χ0) is 10.7. The van der Waals surface area contributed by atoms with Gasteiger partial charge in [-0.15, -0.1) is 0 Å². The van der Waals surface area contributed by atoms with E-state index in [4.69, 9.17) is 0 Å². The van der Waals surface area contributed by atoms with Crippen molar-refractivity contribution in [1.29, 1.82) is 0 Å². The zero-order valence-electron chi connectivity index (χ0n) is 7.73. The summed E-state index contributed by atoms with van der Waals surface area (Å²) in [5, 5.41) is 9.96. The average molecular weight is 528 g/mol. The van der Waals surface area contributed by atoms with Crippen LogP contribution in [0, 0.1) is 10.7 Å². The minimum absolute atomic E-state index is 0.309. The van der Waals surface area contributed by atoms with Crippen molar-refractivity contribution in [3.05, 3.63) is 28.4 Å². The highest BCUT2D eigenvalue weighted by atomic mass is 127. The fraction of sp³-hybridized carbons (Fsp3) is 0.400. The van der Waals surface area contributed by atoms with Crippen molar-refractivity contribution in [2.24, 2.45) is 0 Å². The molecule has 1 aromatic rings. The molecule has 1 rings (SSSR count). The van der Waals surface area contributed by atoms with Crippen molar-refractivity contribution in [3.8, 4) is 0 Å². The molecule has 0 amide bonds. The Balaban J connectivity index is 3.07. The SMILES string of the molecule is CCCC(O)c1c(I)cc(I)cc1I. The van der Waals surface area contributed by atoms with E-state index in [1.165, 1.54) is 10.7 Å². The first-order valence-corrected chi connectivity index (χ1v) is 7.62. The van der Waals surface area contributed by atoms with Crippen LogP contribution in [0.2, 0.25) is 0 Å². The quantitative estimate of drug-likeness (QED) is 0.580. The number of benzene rings is 1. The number of aliphatic hydroxyl groups excluding tert-OH is 1. The predicted octanol–water partition coefficient (Wildman–Crippen LogP) is 4.33.